The van der Waals surface area contributed by atoms with Crippen LogP contribution in [0.15, 0.2) is 0 Å². The summed E-state index contributed by atoms with van der Waals surface area (Å²) in [5.74, 6) is 0.407. The molecule has 2 amide bonds. The lowest BCUT2D eigenvalue weighted by atomic mass is 9.97. The number of aliphatic hydroxyl groups is 1. The lowest BCUT2D eigenvalue weighted by Crippen LogP contribution is -2.54. The van der Waals surface area contributed by atoms with Gasteiger partial charge in [-0.05, 0) is 39.5 Å². The average molecular weight is 297 g/mol. The fourth-order valence-corrected chi connectivity index (χ4v) is 3.33. The van der Waals surface area contributed by atoms with E-state index in [4.69, 9.17) is 0 Å². The molecule has 1 aromatic heterocycles. The maximum absolute atomic E-state index is 11.9. The summed E-state index contributed by atoms with van der Waals surface area (Å²) in [5.41, 5.74) is 0.564. The maximum Gasteiger partial charge on any atom is 0.315 e. The molecule has 112 valence electrons. The van der Waals surface area contributed by atoms with E-state index in [-0.39, 0.29) is 12.6 Å². The van der Waals surface area contributed by atoms with E-state index in [0.29, 0.717) is 12.5 Å². The Hall–Kier alpha value is -1.14. The summed E-state index contributed by atoms with van der Waals surface area (Å²) in [6.45, 7) is 6.46. The van der Waals surface area contributed by atoms with E-state index < -0.39 is 5.54 Å². The third kappa shape index (κ3) is 3.70. The molecule has 20 heavy (non-hydrogen) atoms. The van der Waals surface area contributed by atoms with Crippen molar-refractivity contribution in [3.63, 3.8) is 0 Å². The molecule has 1 aromatic rings. The Labute approximate surface area is 123 Å². The van der Waals surface area contributed by atoms with Crippen molar-refractivity contribution in [2.45, 2.75) is 45.6 Å². The molecule has 1 fully saturated rings. The van der Waals surface area contributed by atoms with Gasteiger partial charge in [-0.2, -0.15) is 0 Å². The molecular formula is C14H23N3O2S. The number of hydrogen-bond acceptors (Lipinski definition) is 4. The first-order valence-corrected chi connectivity index (χ1v) is 7.86. The minimum atomic E-state index is -0.485. The van der Waals surface area contributed by atoms with Crippen LogP contribution in [0.3, 0.4) is 0 Å². The summed E-state index contributed by atoms with van der Waals surface area (Å²) >= 11 is 1.68. The number of nitrogens with one attached hydrogen (secondary N) is 2. The first-order valence-electron chi connectivity index (χ1n) is 7.04. The molecule has 1 heterocycles. The fourth-order valence-electron chi connectivity index (χ4n) is 2.39. The molecule has 0 aromatic carbocycles. The molecule has 0 bridgehead atoms. The van der Waals surface area contributed by atoms with Gasteiger partial charge in [0.05, 0.1) is 22.8 Å². The van der Waals surface area contributed by atoms with Crippen molar-refractivity contribution < 1.29 is 9.90 Å². The number of amides is 2. The van der Waals surface area contributed by atoms with Gasteiger partial charge in [0, 0.05) is 17.8 Å². The van der Waals surface area contributed by atoms with Crippen LogP contribution in [0.5, 0.6) is 0 Å². The van der Waals surface area contributed by atoms with E-state index in [9.17, 15) is 9.90 Å². The van der Waals surface area contributed by atoms with Gasteiger partial charge in [0.25, 0.3) is 0 Å². The van der Waals surface area contributed by atoms with Gasteiger partial charge in [0.2, 0.25) is 0 Å². The summed E-state index contributed by atoms with van der Waals surface area (Å²) in [4.78, 5) is 17.5. The summed E-state index contributed by atoms with van der Waals surface area (Å²) in [6, 6.07) is -0.202. The Kier molecular flexibility index (Phi) is 4.65. The fraction of sp³-hybridized carbons (Fsp3) is 0.714. The molecule has 1 aliphatic carbocycles. The molecule has 0 radical (unpaired) electrons. The predicted molar refractivity (Wildman–Crippen MR) is 80.0 cm³/mol. The van der Waals surface area contributed by atoms with Gasteiger partial charge in [-0.3, -0.25) is 0 Å². The van der Waals surface area contributed by atoms with Gasteiger partial charge in [0.15, 0.2) is 0 Å². The van der Waals surface area contributed by atoms with Crippen LogP contribution in [0.4, 0.5) is 4.79 Å². The number of aromatic nitrogens is 1. The lowest BCUT2D eigenvalue weighted by Gasteiger charge is -2.28. The van der Waals surface area contributed by atoms with Crippen molar-refractivity contribution in [2.24, 2.45) is 5.92 Å². The van der Waals surface area contributed by atoms with Crippen LogP contribution in [-0.4, -0.2) is 34.8 Å². The number of aryl methyl sites for hydroxylation is 2. The third-order valence-electron chi connectivity index (χ3n) is 3.84. The minimum Gasteiger partial charge on any atom is -0.394 e. The number of urea groups is 1. The van der Waals surface area contributed by atoms with Crippen LogP contribution >= 0.6 is 11.3 Å². The highest BCUT2D eigenvalue weighted by Crippen LogP contribution is 2.39. The molecule has 1 unspecified atom stereocenters. The Morgan fingerprint density at radius 2 is 2.20 bits per heavy atom. The molecule has 1 atom stereocenters. The highest BCUT2D eigenvalue weighted by Gasteiger charge is 2.42. The van der Waals surface area contributed by atoms with Gasteiger partial charge in [0.1, 0.15) is 0 Å². The first kappa shape index (κ1) is 15.3. The average Bonchev–Trinajstić information content (AvgIpc) is 3.17. The van der Waals surface area contributed by atoms with E-state index in [1.807, 2.05) is 20.8 Å². The molecule has 1 aliphatic rings. The quantitative estimate of drug-likeness (QED) is 0.749. The number of carbonyl (C=O) groups is 1. The van der Waals surface area contributed by atoms with Gasteiger partial charge >= 0.3 is 6.03 Å². The molecule has 5 nitrogen and oxygen atoms in total. The smallest absolute Gasteiger partial charge is 0.315 e. The standard InChI is InChI=1S/C14H23N3O2S/c1-9-12(20-10(2)16-9)6-7-15-13(19)17-14(3,8-18)11-4-5-11/h11,18H,4-8H2,1-3H3,(H2,15,17,19). The second kappa shape index (κ2) is 6.10. The maximum atomic E-state index is 11.9. The molecular weight excluding hydrogens is 274 g/mol. The molecule has 0 spiro atoms. The SMILES string of the molecule is Cc1nc(C)c(CCNC(=O)NC(C)(CO)C2CC2)s1. The van der Waals surface area contributed by atoms with Crippen molar-refractivity contribution >= 4 is 17.4 Å². The van der Waals surface area contributed by atoms with Gasteiger partial charge in [-0.25, -0.2) is 9.78 Å². The van der Waals surface area contributed by atoms with E-state index in [1.54, 1.807) is 11.3 Å². The zero-order chi connectivity index (χ0) is 14.8. The van der Waals surface area contributed by atoms with Crippen molar-refractivity contribution in [3.8, 4) is 0 Å². The van der Waals surface area contributed by atoms with Crippen molar-refractivity contribution in [2.75, 3.05) is 13.2 Å². The molecule has 0 saturated heterocycles. The van der Waals surface area contributed by atoms with Crippen LogP contribution in [0, 0.1) is 19.8 Å². The second-order valence-corrected chi connectivity index (χ2v) is 7.01. The van der Waals surface area contributed by atoms with Gasteiger partial charge in [-0.1, -0.05) is 0 Å². The van der Waals surface area contributed by atoms with E-state index in [1.165, 1.54) is 4.88 Å². The Morgan fingerprint density at radius 1 is 1.50 bits per heavy atom. The molecule has 6 heteroatoms. The van der Waals surface area contributed by atoms with E-state index in [2.05, 4.69) is 15.6 Å². The Balaban J connectivity index is 1.76. The van der Waals surface area contributed by atoms with Gasteiger partial charge in [-0.15, -0.1) is 11.3 Å². The highest BCUT2D eigenvalue weighted by atomic mass is 32.1. The summed E-state index contributed by atoms with van der Waals surface area (Å²) in [5, 5.41) is 16.3. The molecule has 0 aliphatic heterocycles. The largest absolute Gasteiger partial charge is 0.394 e. The van der Waals surface area contributed by atoms with Crippen molar-refractivity contribution in [1.82, 2.24) is 15.6 Å². The van der Waals surface area contributed by atoms with E-state index >= 15 is 0 Å². The summed E-state index contributed by atoms with van der Waals surface area (Å²) in [7, 11) is 0. The minimum absolute atomic E-state index is 0.0156. The van der Waals surface area contributed by atoms with Crippen molar-refractivity contribution in [3.05, 3.63) is 15.6 Å². The zero-order valence-corrected chi connectivity index (χ0v) is 13.1. The van der Waals surface area contributed by atoms with Crippen LogP contribution in [0.1, 0.15) is 35.3 Å². The van der Waals surface area contributed by atoms with E-state index in [0.717, 1.165) is 30.0 Å². The third-order valence-corrected chi connectivity index (χ3v) is 4.98. The number of hydrogen-bond donors (Lipinski definition) is 3. The van der Waals surface area contributed by atoms with Crippen LogP contribution in [-0.2, 0) is 6.42 Å². The number of nitrogens with zero attached hydrogens (tertiary/aromatic N) is 1. The lowest BCUT2D eigenvalue weighted by molar-refractivity contribution is 0.155. The topological polar surface area (TPSA) is 74.2 Å². The summed E-state index contributed by atoms with van der Waals surface area (Å²) < 4.78 is 0. The number of aliphatic hydroxyl groups excluding tert-OH is 1. The number of rotatable bonds is 6. The normalized spacial score (nSPS) is 17.6. The van der Waals surface area contributed by atoms with Gasteiger partial charge < -0.3 is 15.7 Å². The zero-order valence-electron chi connectivity index (χ0n) is 12.3. The predicted octanol–water partition coefficient (Wildman–Crippen LogP) is 1.76. The monoisotopic (exact) mass is 297 g/mol. The second-order valence-electron chi connectivity index (χ2n) is 5.72. The highest BCUT2D eigenvalue weighted by molar-refractivity contribution is 7.11. The Bertz CT molecular complexity index is 485. The van der Waals surface area contributed by atoms with Crippen LogP contribution in [0.2, 0.25) is 0 Å². The van der Waals surface area contributed by atoms with Crippen molar-refractivity contribution in [1.29, 1.82) is 0 Å². The molecule has 1 saturated carbocycles. The Morgan fingerprint density at radius 3 is 2.70 bits per heavy atom. The van der Waals surface area contributed by atoms with Crippen LogP contribution in [0.25, 0.3) is 0 Å². The summed E-state index contributed by atoms with van der Waals surface area (Å²) in [6.07, 6.45) is 2.96. The van der Waals surface area contributed by atoms with Crippen LogP contribution < -0.4 is 10.6 Å². The first-order chi connectivity index (χ1) is 9.44. The molecule has 2 rings (SSSR count). The molecule has 3 N–H and O–H groups in total. The number of carbonyl (C=O) groups excluding carboxylic acids is 1. The number of thiazole rings is 1.